The van der Waals surface area contributed by atoms with Gasteiger partial charge in [0.05, 0.1) is 6.20 Å². The van der Waals surface area contributed by atoms with Crippen LogP contribution in [0.25, 0.3) is 0 Å². The Morgan fingerprint density at radius 2 is 2.19 bits per heavy atom. The van der Waals surface area contributed by atoms with Gasteiger partial charge < -0.3 is 0 Å². The molecular formula is C16H19FN4. The molecule has 2 aromatic heterocycles. The molecule has 2 aromatic rings. The molecule has 0 amide bonds. The van der Waals surface area contributed by atoms with Gasteiger partial charge in [-0.3, -0.25) is 9.88 Å². The van der Waals surface area contributed by atoms with Crippen LogP contribution in [0, 0.1) is 5.82 Å². The van der Waals surface area contributed by atoms with Gasteiger partial charge in [0, 0.05) is 61.2 Å². The molecule has 0 saturated carbocycles. The summed E-state index contributed by atoms with van der Waals surface area (Å²) in [6.45, 7) is 6.46. The maximum absolute atomic E-state index is 13.7. The Balaban J connectivity index is 1.74. The van der Waals surface area contributed by atoms with Crippen molar-refractivity contribution in [3.63, 3.8) is 0 Å². The lowest BCUT2D eigenvalue weighted by molar-refractivity contribution is 0.239. The largest absolute Gasteiger partial charge is 0.294 e. The molecule has 0 fully saturated rings. The maximum Gasteiger partial charge on any atom is 0.145 e. The molecule has 5 heteroatoms. The molecule has 0 aromatic carbocycles. The van der Waals surface area contributed by atoms with E-state index >= 15 is 0 Å². The summed E-state index contributed by atoms with van der Waals surface area (Å²) in [6.07, 6.45) is 5.72. The number of hydrogen-bond acceptors (Lipinski definition) is 4. The monoisotopic (exact) mass is 286 g/mol. The third-order valence-corrected chi connectivity index (χ3v) is 3.80. The van der Waals surface area contributed by atoms with Crippen molar-refractivity contribution in [2.75, 3.05) is 6.54 Å². The van der Waals surface area contributed by atoms with Crippen LogP contribution in [-0.2, 0) is 19.5 Å². The topological polar surface area (TPSA) is 41.9 Å². The zero-order chi connectivity index (χ0) is 14.8. The van der Waals surface area contributed by atoms with E-state index in [2.05, 4.69) is 33.7 Å². The molecule has 0 spiro atoms. The first-order chi connectivity index (χ1) is 10.1. The minimum Gasteiger partial charge on any atom is -0.294 e. The highest BCUT2D eigenvalue weighted by molar-refractivity contribution is 5.22. The predicted octanol–water partition coefficient (Wildman–Crippen LogP) is 2.69. The molecule has 0 atom stereocenters. The third-order valence-electron chi connectivity index (χ3n) is 3.80. The Hall–Kier alpha value is -1.88. The van der Waals surface area contributed by atoms with Gasteiger partial charge in [0.25, 0.3) is 0 Å². The van der Waals surface area contributed by atoms with E-state index in [-0.39, 0.29) is 5.82 Å². The smallest absolute Gasteiger partial charge is 0.145 e. The van der Waals surface area contributed by atoms with Gasteiger partial charge in [0.1, 0.15) is 11.6 Å². The number of rotatable bonds is 3. The van der Waals surface area contributed by atoms with Gasteiger partial charge >= 0.3 is 0 Å². The fraction of sp³-hybridized carbons (Fsp3) is 0.438. The molecule has 0 unspecified atom stereocenters. The third kappa shape index (κ3) is 3.08. The van der Waals surface area contributed by atoms with Crippen molar-refractivity contribution in [3.8, 4) is 0 Å². The second-order valence-electron chi connectivity index (χ2n) is 5.78. The standard InChI is InChI=1S/C16H19FN4/c1-11(2)16-19-7-13-10-21(6-4-15(13)20-16)9-12-3-5-18-8-14(12)17/h3,5,7-8,11H,4,6,9-10H2,1-2H3. The average molecular weight is 286 g/mol. The number of pyridine rings is 1. The number of fused-ring (bicyclic) bond motifs is 1. The Kier molecular flexibility index (Phi) is 3.92. The SMILES string of the molecule is CC(C)c1ncc2c(n1)CCN(Cc1ccncc1F)C2. The molecular weight excluding hydrogens is 267 g/mol. The van der Waals surface area contributed by atoms with Gasteiger partial charge in [-0.2, -0.15) is 0 Å². The quantitative estimate of drug-likeness (QED) is 0.870. The first-order valence-electron chi connectivity index (χ1n) is 7.29. The summed E-state index contributed by atoms with van der Waals surface area (Å²) >= 11 is 0. The number of aromatic nitrogens is 3. The number of halogens is 1. The van der Waals surface area contributed by atoms with Gasteiger partial charge in [-0.25, -0.2) is 14.4 Å². The highest BCUT2D eigenvalue weighted by Gasteiger charge is 2.20. The second kappa shape index (κ2) is 5.85. The lowest BCUT2D eigenvalue weighted by Gasteiger charge is -2.28. The van der Waals surface area contributed by atoms with Crippen LogP contribution >= 0.6 is 0 Å². The number of nitrogens with zero attached hydrogens (tertiary/aromatic N) is 4. The highest BCUT2D eigenvalue weighted by Crippen LogP contribution is 2.21. The molecule has 21 heavy (non-hydrogen) atoms. The van der Waals surface area contributed by atoms with Crippen molar-refractivity contribution in [1.29, 1.82) is 0 Å². The van der Waals surface area contributed by atoms with Gasteiger partial charge in [-0.1, -0.05) is 13.8 Å². The van der Waals surface area contributed by atoms with Crippen molar-refractivity contribution in [2.24, 2.45) is 0 Å². The van der Waals surface area contributed by atoms with Crippen LogP contribution in [0.15, 0.2) is 24.7 Å². The maximum atomic E-state index is 13.7. The predicted molar refractivity (Wildman–Crippen MR) is 78.1 cm³/mol. The summed E-state index contributed by atoms with van der Waals surface area (Å²) in [5.41, 5.74) is 2.98. The van der Waals surface area contributed by atoms with E-state index in [4.69, 9.17) is 0 Å². The van der Waals surface area contributed by atoms with E-state index in [1.165, 1.54) is 6.20 Å². The van der Waals surface area contributed by atoms with Crippen LogP contribution in [0.2, 0.25) is 0 Å². The van der Waals surface area contributed by atoms with E-state index in [0.29, 0.717) is 18.0 Å². The Bertz CT molecular complexity index is 642. The van der Waals surface area contributed by atoms with Gasteiger partial charge in [-0.05, 0) is 6.07 Å². The summed E-state index contributed by atoms with van der Waals surface area (Å²) in [5, 5.41) is 0. The van der Waals surface area contributed by atoms with E-state index in [1.54, 1.807) is 12.3 Å². The van der Waals surface area contributed by atoms with E-state index < -0.39 is 0 Å². The minimum atomic E-state index is -0.241. The first-order valence-corrected chi connectivity index (χ1v) is 7.29. The Morgan fingerprint density at radius 1 is 1.33 bits per heavy atom. The molecule has 1 aliphatic heterocycles. The van der Waals surface area contributed by atoms with Crippen molar-refractivity contribution < 1.29 is 4.39 Å². The Labute approximate surface area is 124 Å². The lowest BCUT2D eigenvalue weighted by atomic mass is 10.1. The van der Waals surface area contributed by atoms with Gasteiger partial charge in [0.2, 0.25) is 0 Å². The van der Waals surface area contributed by atoms with Crippen molar-refractivity contribution in [1.82, 2.24) is 19.9 Å². The van der Waals surface area contributed by atoms with Gasteiger partial charge in [-0.15, -0.1) is 0 Å². The summed E-state index contributed by atoms with van der Waals surface area (Å²) in [4.78, 5) is 15.1. The summed E-state index contributed by atoms with van der Waals surface area (Å²) < 4.78 is 13.7. The molecule has 3 heterocycles. The zero-order valence-electron chi connectivity index (χ0n) is 12.4. The first kappa shape index (κ1) is 14.1. The Morgan fingerprint density at radius 3 is 2.95 bits per heavy atom. The molecule has 0 saturated heterocycles. The zero-order valence-corrected chi connectivity index (χ0v) is 12.4. The summed E-state index contributed by atoms with van der Waals surface area (Å²) in [5.74, 6) is 1.01. The lowest BCUT2D eigenvalue weighted by Crippen LogP contribution is -2.31. The van der Waals surface area contributed by atoms with Crippen LogP contribution in [0.5, 0.6) is 0 Å². The molecule has 0 aliphatic carbocycles. The van der Waals surface area contributed by atoms with E-state index in [9.17, 15) is 4.39 Å². The highest BCUT2D eigenvalue weighted by atomic mass is 19.1. The van der Waals surface area contributed by atoms with E-state index in [0.717, 1.165) is 36.6 Å². The van der Waals surface area contributed by atoms with Crippen LogP contribution in [0.1, 0.15) is 42.4 Å². The van der Waals surface area contributed by atoms with Gasteiger partial charge in [0.15, 0.2) is 0 Å². The van der Waals surface area contributed by atoms with Crippen LogP contribution in [-0.4, -0.2) is 26.4 Å². The van der Waals surface area contributed by atoms with Crippen molar-refractivity contribution >= 4 is 0 Å². The van der Waals surface area contributed by atoms with Crippen molar-refractivity contribution in [3.05, 3.63) is 53.1 Å². The van der Waals surface area contributed by atoms with Crippen LogP contribution < -0.4 is 0 Å². The van der Waals surface area contributed by atoms with Crippen LogP contribution in [0.3, 0.4) is 0 Å². The number of hydrogen-bond donors (Lipinski definition) is 0. The normalized spacial score (nSPS) is 15.2. The minimum absolute atomic E-state index is 0.241. The average Bonchev–Trinajstić information content (AvgIpc) is 2.49. The fourth-order valence-electron chi connectivity index (χ4n) is 2.58. The molecule has 1 aliphatic rings. The fourth-order valence-corrected chi connectivity index (χ4v) is 2.58. The summed E-state index contributed by atoms with van der Waals surface area (Å²) in [6, 6.07) is 1.74. The van der Waals surface area contributed by atoms with Crippen LogP contribution in [0.4, 0.5) is 4.39 Å². The molecule has 4 nitrogen and oxygen atoms in total. The van der Waals surface area contributed by atoms with Crippen molar-refractivity contribution in [2.45, 2.75) is 39.3 Å². The molecule has 0 N–H and O–H groups in total. The summed E-state index contributed by atoms with van der Waals surface area (Å²) in [7, 11) is 0. The van der Waals surface area contributed by atoms with E-state index in [1.807, 2.05) is 6.20 Å². The second-order valence-corrected chi connectivity index (χ2v) is 5.78. The molecule has 3 rings (SSSR count). The molecule has 0 bridgehead atoms. The molecule has 110 valence electrons. The molecule has 0 radical (unpaired) electrons.